The summed E-state index contributed by atoms with van der Waals surface area (Å²) in [5.74, 6) is 0. The lowest BCUT2D eigenvalue weighted by Gasteiger charge is -2.11. The predicted octanol–water partition coefficient (Wildman–Crippen LogP) is 2.61. The molecule has 1 aromatic heterocycles. The minimum absolute atomic E-state index is 0.0863. The lowest BCUT2D eigenvalue weighted by molar-refractivity contribution is 0.631. The molecule has 0 aliphatic heterocycles. The lowest BCUT2D eigenvalue weighted by Crippen LogP contribution is -2.20. The van der Waals surface area contributed by atoms with E-state index in [0.29, 0.717) is 13.0 Å². The van der Waals surface area contributed by atoms with Gasteiger partial charge in [-0.3, -0.25) is 4.79 Å². The molecule has 0 fully saturated rings. The maximum atomic E-state index is 11.2. The topological polar surface area (TPSA) is 22.0 Å². The van der Waals surface area contributed by atoms with Gasteiger partial charge < -0.3 is 4.57 Å². The Kier molecular flexibility index (Phi) is 3.65. The summed E-state index contributed by atoms with van der Waals surface area (Å²) in [6, 6.07) is 4.91. The van der Waals surface area contributed by atoms with E-state index in [0.717, 1.165) is 0 Å². The summed E-state index contributed by atoms with van der Waals surface area (Å²) in [4.78, 5) is 11.2. The number of aromatic nitrogens is 1. The van der Waals surface area contributed by atoms with Crippen molar-refractivity contribution in [3.63, 3.8) is 0 Å². The molecule has 0 bridgehead atoms. The minimum atomic E-state index is -1.30. The highest BCUT2D eigenvalue weighted by Gasteiger charge is 2.18. The number of halogens is 3. The van der Waals surface area contributed by atoms with Crippen molar-refractivity contribution >= 4 is 34.8 Å². The van der Waals surface area contributed by atoms with E-state index in [9.17, 15) is 4.79 Å². The number of rotatable bonds is 2. The second-order valence-electron chi connectivity index (χ2n) is 2.60. The molecule has 72 valence electrons. The Morgan fingerprint density at radius 3 is 2.54 bits per heavy atom. The largest absolute Gasteiger partial charge is 0.315 e. The summed E-state index contributed by atoms with van der Waals surface area (Å²) in [5.41, 5.74) is -0.0863. The van der Waals surface area contributed by atoms with Gasteiger partial charge in [-0.25, -0.2) is 0 Å². The van der Waals surface area contributed by atoms with Crippen LogP contribution in [-0.2, 0) is 6.54 Å². The van der Waals surface area contributed by atoms with E-state index in [2.05, 4.69) is 0 Å². The molecule has 1 rings (SSSR count). The van der Waals surface area contributed by atoms with Gasteiger partial charge in [0.1, 0.15) is 0 Å². The average Bonchev–Trinajstić information content (AvgIpc) is 2.01. The van der Waals surface area contributed by atoms with Crippen molar-refractivity contribution in [2.75, 3.05) is 0 Å². The summed E-state index contributed by atoms with van der Waals surface area (Å²) >= 11 is 16.7. The van der Waals surface area contributed by atoms with Gasteiger partial charge in [0.25, 0.3) is 0 Å². The van der Waals surface area contributed by atoms with Crippen molar-refractivity contribution in [1.29, 1.82) is 0 Å². The number of aryl methyl sites for hydroxylation is 1. The smallest absolute Gasteiger partial charge is 0.250 e. The zero-order chi connectivity index (χ0) is 9.90. The van der Waals surface area contributed by atoms with E-state index in [4.69, 9.17) is 34.8 Å². The predicted molar refractivity (Wildman–Crippen MR) is 55.6 cm³/mol. The maximum absolute atomic E-state index is 11.2. The van der Waals surface area contributed by atoms with Gasteiger partial charge in [0.15, 0.2) is 3.79 Å². The van der Waals surface area contributed by atoms with E-state index < -0.39 is 3.79 Å². The third kappa shape index (κ3) is 4.03. The van der Waals surface area contributed by atoms with Crippen LogP contribution in [0.5, 0.6) is 0 Å². The van der Waals surface area contributed by atoms with Crippen LogP contribution in [0.4, 0.5) is 0 Å². The fraction of sp³-hybridized carbons (Fsp3) is 0.375. The third-order valence-electron chi connectivity index (χ3n) is 1.54. The van der Waals surface area contributed by atoms with Crippen molar-refractivity contribution in [3.05, 3.63) is 34.7 Å². The molecule has 13 heavy (non-hydrogen) atoms. The molecule has 0 saturated carbocycles. The van der Waals surface area contributed by atoms with E-state index >= 15 is 0 Å². The Bertz CT molecular complexity index is 329. The van der Waals surface area contributed by atoms with E-state index in [1.165, 1.54) is 10.6 Å². The first kappa shape index (κ1) is 10.9. The number of alkyl halides is 3. The molecule has 0 aliphatic carbocycles. The molecule has 0 aliphatic rings. The zero-order valence-corrected chi connectivity index (χ0v) is 8.98. The molecule has 0 aromatic carbocycles. The second kappa shape index (κ2) is 4.36. The van der Waals surface area contributed by atoms with Gasteiger partial charge in [0.2, 0.25) is 5.56 Å². The molecule has 5 heteroatoms. The fourth-order valence-corrected chi connectivity index (χ4v) is 1.15. The molecule has 0 unspecified atom stereocenters. The Hall–Kier alpha value is -0.180. The van der Waals surface area contributed by atoms with Crippen LogP contribution in [0.15, 0.2) is 29.2 Å². The lowest BCUT2D eigenvalue weighted by atomic mass is 10.4. The van der Waals surface area contributed by atoms with Gasteiger partial charge in [0, 0.05) is 25.2 Å². The van der Waals surface area contributed by atoms with Crippen LogP contribution in [0.25, 0.3) is 0 Å². The second-order valence-corrected chi connectivity index (χ2v) is 5.11. The molecule has 1 heterocycles. The molecule has 0 radical (unpaired) electrons. The van der Waals surface area contributed by atoms with Gasteiger partial charge >= 0.3 is 0 Å². The van der Waals surface area contributed by atoms with Crippen molar-refractivity contribution in [2.24, 2.45) is 0 Å². The minimum Gasteiger partial charge on any atom is -0.315 e. The summed E-state index contributed by atoms with van der Waals surface area (Å²) < 4.78 is 0.206. The highest BCUT2D eigenvalue weighted by molar-refractivity contribution is 6.67. The van der Waals surface area contributed by atoms with Gasteiger partial charge in [-0.15, -0.1) is 0 Å². The Morgan fingerprint density at radius 2 is 2.00 bits per heavy atom. The molecule has 0 N–H and O–H groups in total. The Morgan fingerprint density at radius 1 is 1.31 bits per heavy atom. The SMILES string of the molecule is O=c1ccccn1CCC(Cl)(Cl)Cl. The van der Waals surface area contributed by atoms with Crippen LogP contribution < -0.4 is 5.56 Å². The summed E-state index contributed by atoms with van der Waals surface area (Å²) in [6.45, 7) is 0.413. The van der Waals surface area contributed by atoms with Crippen LogP contribution >= 0.6 is 34.8 Å². The molecule has 0 saturated heterocycles. The third-order valence-corrected chi connectivity index (χ3v) is 2.10. The average molecular weight is 241 g/mol. The molecule has 0 amide bonds. The molecule has 2 nitrogen and oxygen atoms in total. The molecular formula is C8H8Cl3NO. The monoisotopic (exact) mass is 239 g/mol. The highest BCUT2D eigenvalue weighted by Crippen LogP contribution is 2.30. The highest BCUT2D eigenvalue weighted by atomic mass is 35.6. The number of hydrogen-bond acceptors (Lipinski definition) is 1. The molecule has 0 spiro atoms. The van der Waals surface area contributed by atoms with Gasteiger partial charge in [0.05, 0.1) is 0 Å². The fourth-order valence-electron chi connectivity index (χ4n) is 0.893. The number of hydrogen-bond donors (Lipinski definition) is 0. The van der Waals surface area contributed by atoms with Crippen LogP contribution in [0.2, 0.25) is 0 Å². The Balaban J connectivity index is 2.66. The zero-order valence-electron chi connectivity index (χ0n) is 6.71. The van der Waals surface area contributed by atoms with Gasteiger partial charge in [-0.1, -0.05) is 40.9 Å². The molecular weight excluding hydrogens is 232 g/mol. The van der Waals surface area contributed by atoms with Crippen molar-refractivity contribution < 1.29 is 0 Å². The van der Waals surface area contributed by atoms with Crippen molar-refractivity contribution in [1.82, 2.24) is 4.57 Å². The first-order valence-electron chi connectivity index (χ1n) is 3.71. The number of pyridine rings is 1. The quantitative estimate of drug-likeness (QED) is 0.729. The van der Waals surface area contributed by atoms with Crippen molar-refractivity contribution in [2.45, 2.75) is 16.8 Å². The van der Waals surface area contributed by atoms with Crippen LogP contribution in [-0.4, -0.2) is 8.36 Å². The van der Waals surface area contributed by atoms with Crippen LogP contribution in [0, 0.1) is 0 Å². The summed E-state index contributed by atoms with van der Waals surface area (Å²) in [7, 11) is 0. The Labute approximate surface area is 91.0 Å². The van der Waals surface area contributed by atoms with E-state index in [-0.39, 0.29) is 5.56 Å². The summed E-state index contributed by atoms with van der Waals surface area (Å²) in [5, 5.41) is 0. The van der Waals surface area contributed by atoms with Crippen molar-refractivity contribution in [3.8, 4) is 0 Å². The normalized spacial score (nSPS) is 11.6. The summed E-state index contributed by atoms with van der Waals surface area (Å²) in [6.07, 6.45) is 1.99. The van der Waals surface area contributed by atoms with E-state index in [1.807, 2.05) is 0 Å². The first-order valence-corrected chi connectivity index (χ1v) is 4.85. The number of nitrogens with zero attached hydrogens (tertiary/aromatic N) is 1. The maximum Gasteiger partial charge on any atom is 0.250 e. The first-order chi connectivity index (χ1) is 5.99. The molecule has 1 aromatic rings. The molecule has 0 atom stereocenters. The van der Waals surface area contributed by atoms with Gasteiger partial charge in [-0.05, 0) is 6.07 Å². The van der Waals surface area contributed by atoms with Gasteiger partial charge in [-0.2, -0.15) is 0 Å². The standard InChI is InChI=1S/C8H8Cl3NO/c9-8(10,11)4-6-12-5-2-1-3-7(12)13/h1-3,5H,4,6H2. The van der Waals surface area contributed by atoms with Crippen LogP contribution in [0.3, 0.4) is 0 Å². The van der Waals surface area contributed by atoms with Crippen LogP contribution in [0.1, 0.15) is 6.42 Å². The van der Waals surface area contributed by atoms with E-state index in [1.54, 1.807) is 18.3 Å².